The van der Waals surface area contributed by atoms with Crippen LogP contribution in [0.25, 0.3) is 0 Å². The van der Waals surface area contributed by atoms with Gasteiger partial charge in [-0.15, -0.1) is 23.5 Å². The molecule has 1 amide bonds. The van der Waals surface area contributed by atoms with E-state index in [4.69, 9.17) is 5.73 Å². The molecule has 3 atom stereocenters. The van der Waals surface area contributed by atoms with Crippen LogP contribution in [0.3, 0.4) is 0 Å². The smallest absolute Gasteiger partial charge is 0.253 e. The predicted octanol–water partition coefficient (Wildman–Crippen LogP) is 2.97. The lowest BCUT2D eigenvalue weighted by Crippen LogP contribution is -2.33. The molecule has 3 aliphatic rings. The zero-order valence-corrected chi connectivity index (χ0v) is 14.2. The van der Waals surface area contributed by atoms with Crippen molar-refractivity contribution in [2.45, 2.75) is 23.5 Å². The predicted molar refractivity (Wildman–Crippen MR) is 94.2 cm³/mol. The summed E-state index contributed by atoms with van der Waals surface area (Å²) in [6.45, 7) is 1.74. The number of nitrogens with two attached hydrogens (primary N) is 1. The van der Waals surface area contributed by atoms with Gasteiger partial charge in [0, 0.05) is 36.2 Å². The van der Waals surface area contributed by atoms with Gasteiger partial charge < -0.3 is 10.6 Å². The standard InChI is InChI=1S/C17H22N2OS2/c18-15-6-5-13-9-19(10-14(13)15)16(20)11-1-3-12(4-2-11)17-21-7-8-22-17/h1-4,13-15,17H,5-10,18H2. The highest BCUT2D eigenvalue weighted by Gasteiger charge is 2.42. The van der Waals surface area contributed by atoms with Gasteiger partial charge in [0.2, 0.25) is 0 Å². The van der Waals surface area contributed by atoms with Gasteiger partial charge in [-0.1, -0.05) is 12.1 Å². The molecule has 1 aromatic rings. The topological polar surface area (TPSA) is 46.3 Å². The van der Waals surface area contributed by atoms with Crippen molar-refractivity contribution in [3.05, 3.63) is 35.4 Å². The lowest BCUT2D eigenvalue weighted by Gasteiger charge is -2.19. The molecule has 2 heterocycles. The number of likely N-dealkylation sites (tertiary alicyclic amines) is 1. The third-order valence-corrected chi connectivity index (χ3v) is 8.36. The summed E-state index contributed by atoms with van der Waals surface area (Å²) in [5.41, 5.74) is 8.33. The van der Waals surface area contributed by atoms with Crippen molar-refractivity contribution in [1.29, 1.82) is 0 Å². The van der Waals surface area contributed by atoms with Gasteiger partial charge in [-0.3, -0.25) is 4.79 Å². The fourth-order valence-electron chi connectivity index (χ4n) is 3.99. The van der Waals surface area contributed by atoms with Crippen LogP contribution in [0.5, 0.6) is 0 Å². The van der Waals surface area contributed by atoms with Crippen LogP contribution in [0.2, 0.25) is 0 Å². The molecule has 0 aromatic heterocycles. The molecule has 0 radical (unpaired) electrons. The monoisotopic (exact) mass is 334 g/mol. The highest BCUT2D eigenvalue weighted by atomic mass is 32.2. The Morgan fingerprint density at radius 1 is 1.09 bits per heavy atom. The summed E-state index contributed by atoms with van der Waals surface area (Å²) in [5, 5.41) is 0. The van der Waals surface area contributed by atoms with E-state index in [1.54, 1.807) is 0 Å². The number of rotatable bonds is 2. The normalized spacial score (nSPS) is 31.7. The van der Waals surface area contributed by atoms with Gasteiger partial charge in [0.05, 0.1) is 4.58 Å². The Hall–Kier alpha value is -0.650. The molecule has 22 heavy (non-hydrogen) atoms. The highest BCUT2D eigenvalue weighted by molar-refractivity contribution is 8.19. The van der Waals surface area contributed by atoms with Crippen LogP contribution in [0, 0.1) is 11.8 Å². The van der Waals surface area contributed by atoms with E-state index in [0.717, 1.165) is 25.1 Å². The van der Waals surface area contributed by atoms with Gasteiger partial charge in [0.15, 0.2) is 0 Å². The summed E-state index contributed by atoms with van der Waals surface area (Å²) in [6.07, 6.45) is 2.31. The first kappa shape index (κ1) is 14.9. The van der Waals surface area contributed by atoms with Crippen LogP contribution in [0.1, 0.15) is 33.3 Å². The van der Waals surface area contributed by atoms with E-state index in [1.165, 1.54) is 23.5 Å². The third kappa shape index (κ3) is 2.68. The number of nitrogens with zero attached hydrogens (tertiary/aromatic N) is 1. The van der Waals surface area contributed by atoms with E-state index in [1.807, 2.05) is 40.6 Å². The number of carbonyl (C=O) groups is 1. The Kier molecular flexibility index (Phi) is 4.13. The summed E-state index contributed by atoms with van der Waals surface area (Å²) in [6, 6.07) is 8.56. The molecule has 5 heteroatoms. The van der Waals surface area contributed by atoms with Crippen molar-refractivity contribution < 1.29 is 4.79 Å². The average Bonchev–Trinajstić information content (AvgIpc) is 3.26. The molecule has 2 saturated heterocycles. The maximum atomic E-state index is 12.7. The van der Waals surface area contributed by atoms with Crippen LogP contribution >= 0.6 is 23.5 Å². The summed E-state index contributed by atoms with van der Waals surface area (Å²) < 4.78 is 0.549. The van der Waals surface area contributed by atoms with Crippen LogP contribution < -0.4 is 5.73 Å². The van der Waals surface area contributed by atoms with Gasteiger partial charge in [-0.2, -0.15) is 0 Å². The Morgan fingerprint density at radius 3 is 2.50 bits per heavy atom. The molecule has 2 N–H and O–H groups in total. The van der Waals surface area contributed by atoms with Crippen molar-refractivity contribution >= 4 is 29.4 Å². The first-order valence-corrected chi connectivity index (χ1v) is 10.2. The molecule has 118 valence electrons. The number of hydrogen-bond acceptors (Lipinski definition) is 4. The second-order valence-electron chi connectivity index (χ2n) is 6.57. The Morgan fingerprint density at radius 2 is 1.82 bits per heavy atom. The first-order valence-electron chi connectivity index (χ1n) is 8.10. The SMILES string of the molecule is NC1CCC2CN(C(=O)c3ccc(C4SCCS4)cc3)CC12. The Labute approximate surface area is 140 Å². The number of thioether (sulfide) groups is 2. The average molecular weight is 335 g/mol. The molecular formula is C17H22N2OS2. The van der Waals surface area contributed by atoms with Crippen LogP contribution in [0.15, 0.2) is 24.3 Å². The molecule has 1 saturated carbocycles. The van der Waals surface area contributed by atoms with Crippen molar-refractivity contribution in [3.63, 3.8) is 0 Å². The molecule has 3 nitrogen and oxygen atoms in total. The van der Waals surface area contributed by atoms with Gasteiger partial charge in [0.1, 0.15) is 0 Å². The first-order chi connectivity index (χ1) is 10.7. The number of benzene rings is 1. The molecule has 0 spiro atoms. The molecule has 1 aromatic carbocycles. The number of fused-ring (bicyclic) bond motifs is 1. The van der Waals surface area contributed by atoms with Crippen LogP contribution in [-0.2, 0) is 0 Å². The van der Waals surface area contributed by atoms with Crippen LogP contribution in [0.4, 0.5) is 0 Å². The van der Waals surface area contributed by atoms with E-state index < -0.39 is 0 Å². The fourth-order valence-corrected chi connectivity index (χ4v) is 6.85. The minimum atomic E-state index is 0.180. The third-order valence-electron chi connectivity index (χ3n) is 5.25. The van der Waals surface area contributed by atoms with Gasteiger partial charge in [-0.05, 0) is 42.4 Å². The molecule has 1 aliphatic carbocycles. The molecule has 4 rings (SSSR count). The summed E-state index contributed by atoms with van der Waals surface area (Å²) in [5.74, 6) is 3.79. The summed E-state index contributed by atoms with van der Waals surface area (Å²) in [4.78, 5) is 14.7. The lowest BCUT2D eigenvalue weighted by molar-refractivity contribution is 0.0779. The quantitative estimate of drug-likeness (QED) is 0.903. The highest BCUT2D eigenvalue weighted by Crippen LogP contribution is 2.45. The van der Waals surface area contributed by atoms with E-state index in [2.05, 4.69) is 12.1 Å². The molecule has 3 unspecified atom stereocenters. The lowest BCUT2D eigenvalue weighted by atomic mass is 9.98. The van der Waals surface area contributed by atoms with Crippen molar-refractivity contribution in [2.24, 2.45) is 17.6 Å². The van der Waals surface area contributed by atoms with Crippen molar-refractivity contribution in [1.82, 2.24) is 4.90 Å². The Bertz CT molecular complexity index is 556. The molecule has 0 bridgehead atoms. The van der Waals surface area contributed by atoms with Gasteiger partial charge in [-0.25, -0.2) is 0 Å². The van der Waals surface area contributed by atoms with E-state index >= 15 is 0 Å². The number of amides is 1. The van der Waals surface area contributed by atoms with Crippen molar-refractivity contribution in [2.75, 3.05) is 24.6 Å². The minimum Gasteiger partial charge on any atom is -0.338 e. The number of hydrogen-bond donors (Lipinski definition) is 1. The van der Waals surface area contributed by atoms with E-state index in [9.17, 15) is 4.79 Å². The van der Waals surface area contributed by atoms with E-state index in [-0.39, 0.29) is 5.91 Å². The largest absolute Gasteiger partial charge is 0.338 e. The van der Waals surface area contributed by atoms with Crippen LogP contribution in [-0.4, -0.2) is 41.4 Å². The molecular weight excluding hydrogens is 312 g/mol. The second kappa shape index (κ2) is 6.10. The zero-order chi connectivity index (χ0) is 15.1. The Balaban J connectivity index is 1.44. The molecule has 2 aliphatic heterocycles. The second-order valence-corrected chi connectivity index (χ2v) is 9.30. The summed E-state index contributed by atoms with van der Waals surface area (Å²) >= 11 is 4.00. The fraction of sp³-hybridized carbons (Fsp3) is 0.588. The van der Waals surface area contributed by atoms with Gasteiger partial charge in [0.25, 0.3) is 5.91 Å². The minimum absolute atomic E-state index is 0.180. The molecule has 3 fully saturated rings. The summed E-state index contributed by atoms with van der Waals surface area (Å²) in [7, 11) is 0. The van der Waals surface area contributed by atoms with Gasteiger partial charge >= 0.3 is 0 Å². The zero-order valence-electron chi connectivity index (χ0n) is 12.6. The maximum absolute atomic E-state index is 12.7. The van der Waals surface area contributed by atoms with E-state index in [0.29, 0.717) is 22.5 Å². The van der Waals surface area contributed by atoms with Crippen molar-refractivity contribution in [3.8, 4) is 0 Å². The maximum Gasteiger partial charge on any atom is 0.253 e. The number of carbonyl (C=O) groups excluding carboxylic acids is 1.